The van der Waals surface area contributed by atoms with E-state index in [1.54, 1.807) is 30.3 Å². The first-order valence-electron chi connectivity index (χ1n) is 12.9. The first-order valence-corrected chi connectivity index (χ1v) is 12.9. The van der Waals surface area contributed by atoms with Gasteiger partial charge in [-0.2, -0.15) is 5.10 Å². The van der Waals surface area contributed by atoms with Crippen LogP contribution in [0.5, 0.6) is 0 Å². The quantitative estimate of drug-likeness (QED) is 0.508. The first-order chi connectivity index (χ1) is 18.0. The highest BCUT2D eigenvalue weighted by molar-refractivity contribution is 6.04. The molecule has 190 valence electrons. The van der Waals surface area contributed by atoms with Gasteiger partial charge >= 0.3 is 0 Å². The number of benzene rings is 2. The molecule has 0 radical (unpaired) electrons. The van der Waals surface area contributed by atoms with Crippen LogP contribution < -0.4 is 10.9 Å². The summed E-state index contributed by atoms with van der Waals surface area (Å²) in [4.78, 5) is 40.4. The Morgan fingerprint density at radius 3 is 2.54 bits per heavy atom. The largest absolute Gasteiger partial charge is 0.371 e. The number of ether oxygens (including phenoxy) is 1. The molecule has 0 bridgehead atoms. The molecular formula is C29H30N4O4. The van der Waals surface area contributed by atoms with Crippen molar-refractivity contribution >= 4 is 22.6 Å². The maximum Gasteiger partial charge on any atom is 0.274 e. The number of piperidine rings is 1. The molecule has 8 heteroatoms. The zero-order chi connectivity index (χ0) is 25.6. The summed E-state index contributed by atoms with van der Waals surface area (Å²) in [5, 5.41) is 10.9. The van der Waals surface area contributed by atoms with E-state index in [0.717, 1.165) is 18.4 Å². The van der Waals surface area contributed by atoms with Crippen LogP contribution in [0.3, 0.4) is 0 Å². The van der Waals surface area contributed by atoms with Crippen LogP contribution in [0.25, 0.3) is 10.8 Å². The number of carbonyl (C=O) groups excluding carboxylic acids is 2. The molecule has 2 N–H and O–H groups in total. The van der Waals surface area contributed by atoms with Crippen LogP contribution in [0, 0.1) is 5.92 Å². The fraction of sp³-hybridized carbons (Fsp3) is 0.379. The number of H-pyrrole nitrogens is 1. The van der Waals surface area contributed by atoms with Gasteiger partial charge in [0.2, 0.25) is 5.91 Å². The highest BCUT2D eigenvalue weighted by Crippen LogP contribution is 2.52. The molecule has 2 fully saturated rings. The number of rotatable bonds is 6. The highest BCUT2D eigenvalue weighted by atomic mass is 16.5. The molecule has 1 aliphatic heterocycles. The van der Waals surface area contributed by atoms with Gasteiger partial charge in [0.15, 0.2) is 5.69 Å². The van der Waals surface area contributed by atoms with Crippen molar-refractivity contribution in [2.24, 2.45) is 5.92 Å². The minimum absolute atomic E-state index is 0.0905. The van der Waals surface area contributed by atoms with E-state index in [4.69, 9.17) is 4.74 Å². The first kappa shape index (κ1) is 23.6. The molecule has 1 saturated carbocycles. The van der Waals surface area contributed by atoms with E-state index >= 15 is 0 Å². The molecule has 3 aromatic rings. The van der Waals surface area contributed by atoms with Gasteiger partial charge in [0, 0.05) is 29.8 Å². The minimum Gasteiger partial charge on any atom is -0.371 e. The van der Waals surface area contributed by atoms with E-state index in [0.29, 0.717) is 43.3 Å². The van der Waals surface area contributed by atoms with Gasteiger partial charge in [-0.05, 0) is 42.9 Å². The summed E-state index contributed by atoms with van der Waals surface area (Å²) >= 11 is 0. The van der Waals surface area contributed by atoms with E-state index in [9.17, 15) is 14.4 Å². The Morgan fingerprint density at radius 2 is 1.81 bits per heavy atom. The van der Waals surface area contributed by atoms with Crippen LogP contribution in [-0.2, 0) is 14.9 Å². The molecule has 3 aliphatic rings. The summed E-state index contributed by atoms with van der Waals surface area (Å²) in [5.74, 6) is -0.00806. The third-order valence-electron chi connectivity index (χ3n) is 8.16. The number of aromatic nitrogens is 2. The minimum atomic E-state index is -0.335. The second-order valence-electron chi connectivity index (χ2n) is 10.3. The zero-order valence-corrected chi connectivity index (χ0v) is 20.6. The molecule has 2 atom stereocenters. The van der Waals surface area contributed by atoms with Crippen LogP contribution in [0.15, 0.2) is 66.0 Å². The molecule has 37 heavy (non-hydrogen) atoms. The molecule has 2 aliphatic carbocycles. The Morgan fingerprint density at radius 1 is 1.11 bits per heavy atom. The molecule has 6 rings (SSSR count). The lowest BCUT2D eigenvalue weighted by Crippen LogP contribution is -2.52. The van der Waals surface area contributed by atoms with Crippen LogP contribution in [0.4, 0.5) is 0 Å². The van der Waals surface area contributed by atoms with E-state index in [2.05, 4.69) is 34.2 Å². The van der Waals surface area contributed by atoms with Crippen molar-refractivity contribution in [1.29, 1.82) is 0 Å². The fourth-order valence-corrected chi connectivity index (χ4v) is 6.14. The van der Waals surface area contributed by atoms with Gasteiger partial charge in [0.05, 0.1) is 24.1 Å². The van der Waals surface area contributed by atoms with E-state index in [-0.39, 0.29) is 46.5 Å². The van der Waals surface area contributed by atoms with Crippen molar-refractivity contribution in [3.8, 4) is 0 Å². The Labute approximate surface area is 214 Å². The van der Waals surface area contributed by atoms with Gasteiger partial charge in [-0.15, -0.1) is 6.58 Å². The van der Waals surface area contributed by atoms with Crippen molar-refractivity contribution in [2.75, 3.05) is 19.7 Å². The molecule has 1 saturated heterocycles. The van der Waals surface area contributed by atoms with Gasteiger partial charge in [-0.25, -0.2) is 5.10 Å². The lowest BCUT2D eigenvalue weighted by Gasteiger charge is -2.44. The number of nitrogens with zero attached hydrogens (tertiary/aromatic N) is 2. The standard InChI is InChI=1S/C29H30N4O4/c1-2-17-37-25-23(30-26(34)18-11-12-18)21-9-5-6-10-22(21)29(25)13-15-33(16-14-29)28(36)24-19-7-3-4-8-20(19)27(35)32-31-24/h2-10,18,23,25H,1,11-17H2,(H,30,34)(H,32,35)/t23-,25+/m1/s1. The second-order valence-corrected chi connectivity index (χ2v) is 10.3. The van der Waals surface area contributed by atoms with Crippen LogP contribution in [-0.4, -0.2) is 52.7 Å². The van der Waals surface area contributed by atoms with Gasteiger partial charge in [0.1, 0.15) is 0 Å². The molecule has 2 heterocycles. The summed E-state index contributed by atoms with van der Waals surface area (Å²) in [7, 11) is 0. The monoisotopic (exact) mass is 498 g/mol. The van der Waals surface area contributed by atoms with Crippen molar-refractivity contribution in [2.45, 2.75) is 43.2 Å². The zero-order valence-electron chi connectivity index (χ0n) is 20.6. The van der Waals surface area contributed by atoms with Crippen LogP contribution in [0.1, 0.15) is 53.3 Å². The fourth-order valence-electron chi connectivity index (χ4n) is 6.14. The third-order valence-corrected chi connectivity index (χ3v) is 8.16. The summed E-state index contributed by atoms with van der Waals surface area (Å²) in [6, 6.07) is 15.1. The van der Waals surface area contributed by atoms with Gasteiger partial charge in [-0.3, -0.25) is 14.4 Å². The average molecular weight is 499 g/mol. The van der Waals surface area contributed by atoms with Crippen molar-refractivity contribution in [3.63, 3.8) is 0 Å². The number of nitrogens with one attached hydrogen (secondary N) is 2. The lowest BCUT2D eigenvalue weighted by atomic mass is 9.71. The van der Waals surface area contributed by atoms with Crippen molar-refractivity contribution in [1.82, 2.24) is 20.4 Å². The molecular weight excluding hydrogens is 468 g/mol. The SMILES string of the molecule is C=CCO[C@H]1[C@H](NC(=O)C2CC2)c2ccccc2C12CCN(C(=O)c1n[nH]c(=O)c3ccccc13)CC2. The lowest BCUT2D eigenvalue weighted by molar-refractivity contribution is -0.125. The predicted octanol–water partition coefficient (Wildman–Crippen LogP) is 3.25. The summed E-state index contributed by atoms with van der Waals surface area (Å²) in [6.07, 6.45) is 4.74. The van der Waals surface area contributed by atoms with E-state index in [1.165, 1.54) is 5.56 Å². The Hall–Kier alpha value is -3.78. The van der Waals surface area contributed by atoms with Crippen LogP contribution in [0.2, 0.25) is 0 Å². The number of likely N-dealkylation sites (tertiary alicyclic amines) is 1. The summed E-state index contributed by atoms with van der Waals surface area (Å²) < 4.78 is 6.40. The number of hydrogen-bond donors (Lipinski definition) is 2. The maximum atomic E-state index is 13.6. The third kappa shape index (κ3) is 3.96. The average Bonchev–Trinajstić information content (AvgIpc) is 3.76. The topological polar surface area (TPSA) is 104 Å². The van der Waals surface area contributed by atoms with Gasteiger partial charge in [0.25, 0.3) is 11.5 Å². The number of fused-ring (bicyclic) bond motifs is 3. The van der Waals surface area contributed by atoms with E-state index in [1.807, 2.05) is 17.0 Å². The van der Waals surface area contributed by atoms with Gasteiger partial charge < -0.3 is 15.0 Å². The molecule has 8 nitrogen and oxygen atoms in total. The summed E-state index contributed by atoms with van der Waals surface area (Å²) in [6.45, 7) is 5.24. The molecule has 0 unspecified atom stereocenters. The molecule has 2 aromatic carbocycles. The van der Waals surface area contributed by atoms with Crippen molar-refractivity contribution in [3.05, 3.63) is 88.4 Å². The smallest absolute Gasteiger partial charge is 0.274 e. The normalized spacial score (nSPS) is 22.1. The number of carbonyl (C=O) groups is 2. The summed E-state index contributed by atoms with van der Waals surface area (Å²) in [5.41, 5.74) is 1.89. The number of amides is 2. The maximum absolute atomic E-state index is 13.6. The highest BCUT2D eigenvalue weighted by Gasteiger charge is 2.55. The number of hydrogen-bond acceptors (Lipinski definition) is 5. The van der Waals surface area contributed by atoms with Gasteiger partial charge in [-0.1, -0.05) is 48.5 Å². The Bertz CT molecular complexity index is 1440. The molecule has 1 aromatic heterocycles. The second kappa shape index (κ2) is 9.27. The molecule has 2 amide bonds. The van der Waals surface area contributed by atoms with Crippen LogP contribution >= 0.6 is 0 Å². The van der Waals surface area contributed by atoms with Crippen molar-refractivity contribution < 1.29 is 14.3 Å². The molecule has 1 spiro atoms. The Kier molecular flexibility index (Phi) is 5.91. The van der Waals surface area contributed by atoms with E-state index < -0.39 is 0 Å². The number of aromatic amines is 1. The predicted molar refractivity (Wildman–Crippen MR) is 139 cm³/mol. The Balaban J connectivity index is 1.30.